The summed E-state index contributed by atoms with van der Waals surface area (Å²) < 4.78 is 45.6. The molecule has 0 radical (unpaired) electrons. The number of carboxylic acid groups (broad SMARTS) is 1. The van der Waals surface area contributed by atoms with Crippen LogP contribution in [0.5, 0.6) is 0 Å². The third kappa shape index (κ3) is 38.2. The molecule has 0 spiro atoms. The van der Waals surface area contributed by atoms with Gasteiger partial charge in [-0.05, 0) is 69.7 Å². The zero-order valence-electron chi connectivity index (χ0n) is 37.2. The molecule has 362 valence electrons. The van der Waals surface area contributed by atoms with E-state index in [-0.39, 0.29) is 59.8 Å². The first-order chi connectivity index (χ1) is 31.3. The van der Waals surface area contributed by atoms with Crippen molar-refractivity contribution in [2.45, 2.75) is 27.2 Å². The molecule has 4 N–H and O–H groups in total. The molecule has 0 bridgehead atoms. The van der Waals surface area contributed by atoms with Crippen molar-refractivity contribution in [3.05, 3.63) is 101 Å². The van der Waals surface area contributed by atoms with Gasteiger partial charge in [0.05, 0.1) is 56.7 Å². The van der Waals surface area contributed by atoms with Crippen LogP contribution in [0.2, 0.25) is 0 Å². The molecule has 1 atom stereocenters. The Labute approximate surface area is 442 Å². The zero-order valence-corrected chi connectivity index (χ0v) is 47.4. The van der Waals surface area contributed by atoms with Gasteiger partial charge in [-0.25, -0.2) is 24.5 Å². The van der Waals surface area contributed by atoms with Crippen molar-refractivity contribution in [1.82, 2.24) is 39.9 Å². The van der Waals surface area contributed by atoms with E-state index < -0.39 is 34.2 Å². The standard InChI is InChI=1S/C9H10N2O3.C8H6N2S3.C6H6N2O2.C5H4N2O2.C4H8O2.CH4O.Na.H2O4S.P2S5.H/c1-6(9(13)14-2)8(12)7-5-10-3-4-11-7;1-5-7(12-13-8(5)11)6-4-9-2-3-10-6;1-10-6(9)5-4-7-2-3-8-5;8-5(9)4-3-6-1-2-7-4;1-3-4(5)6-2;1-2;;1-5(2,3)4;3-1-2-5-7-6-4;/h3-6H,1-2H3;2-4H,1H3;2-4H,1H3;1-3H,(H,8,9);3H2,1-2H3;2H,1H3;;(H2,1,2,3,4);;/q;;;;;;+1;;;-1. The van der Waals surface area contributed by atoms with E-state index in [2.05, 4.69) is 77.1 Å². The SMILES string of the molecule is CCC(=O)OC.CO.COC(=O)C(C)C(=O)c1cnccn1.COC(=O)c1cnccn1.Cc1c(-c2cnccn2)ssc1=S.O=C(O)c1cnccn1.O=S(=O)(O)O.S=PP=S=S=S=S.[H-].[Na+]. The summed E-state index contributed by atoms with van der Waals surface area (Å²) in [5, 5.41) is 15.3. The smallest absolute Gasteiger partial charge is 1.00 e. The van der Waals surface area contributed by atoms with Crippen LogP contribution in [-0.4, -0.2) is 126 Å². The number of carbonyl (C=O) groups excluding carboxylic acids is 4. The van der Waals surface area contributed by atoms with Crippen molar-refractivity contribution >= 4 is 137 Å². The number of aliphatic hydroxyl groups excluding tert-OH is 1. The molecule has 0 aliphatic rings. The molecule has 0 fully saturated rings. The summed E-state index contributed by atoms with van der Waals surface area (Å²) in [4.78, 5) is 84.7. The number of ketones is 1. The van der Waals surface area contributed by atoms with E-state index in [0.717, 1.165) is 34.1 Å². The second-order valence-electron chi connectivity index (χ2n) is 9.93. The molecule has 0 aliphatic carbocycles. The Bertz CT molecular complexity index is 2510. The fourth-order valence-electron chi connectivity index (χ4n) is 2.98. The first-order valence-electron chi connectivity index (χ1n) is 16.8. The molecule has 34 heteroatoms. The number of aliphatic hydroxyl groups is 1. The number of esters is 3. The number of carbonyl (C=O) groups is 5. The van der Waals surface area contributed by atoms with E-state index >= 15 is 0 Å². The number of hydrogen-bond donors (Lipinski definition) is 4. The van der Waals surface area contributed by atoms with E-state index in [1.807, 2.05) is 6.92 Å². The van der Waals surface area contributed by atoms with Gasteiger partial charge in [0.2, 0.25) is 0 Å². The summed E-state index contributed by atoms with van der Waals surface area (Å²) in [5.74, 6) is -3.46. The second-order valence-corrected chi connectivity index (χ2v) is 23.4. The molecule has 0 amide bonds. The molecule has 67 heavy (non-hydrogen) atoms. The van der Waals surface area contributed by atoms with Crippen molar-refractivity contribution in [3.8, 4) is 10.6 Å². The fourth-order valence-corrected chi connectivity index (χ4v) is 15.4. The van der Waals surface area contributed by atoms with Crippen molar-refractivity contribution in [3.63, 3.8) is 0 Å². The van der Waals surface area contributed by atoms with Crippen LogP contribution in [0, 0.1) is 16.7 Å². The number of carboxylic acids is 1. The Hall–Kier alpha value is -3.33. The van der Waals surface area contributed by atoms with Crippen molar-refractivity contribution in [2.24, 2.45) is 5.92 Å². The predicted molar refractivity (Wildman–Crippen MR) is 265 cm³/mol. The molecule has 0 saturated carbocycles. The molecular weight excluding hydrogens is 1110 g/mol. The van der Waals surface area contributed by atoms with Crippen LogP contribution >= 0.6 is 47.0 Å². The Kier molecular flexibility index (Phi) is 47.3. The van der Waals surface area contributed by atoms with E-state index in [1.54, 1.807) is 64.6 Å². The van der Waals surface area contributed by atoms with Gasteiger partial charge in [-0.15, -0.1) is 0 Å². The van der Waals surface area contributed by atoms with Gasteiger partial charge in [-0.1, -0.05) is 39.8 Å². The van der Waals surface area contributed by atoms with E-state index in [4.69, 9.17) is 40.0 Å². The van der Waals surface area contributed by atoms with Gasteiger partial charge in [0.25, 0.3) is 0 Å². The van der Waals surface area contributed by atoms with Gasteiger partial charge in [0.15, 0.2) is 17.2 Å². The Morgan fingerprint density at radius 2 is 1.25 bits per heavy atom. The molecule has 5 heterocycles. The first-order valence-corrected chi connectivity index (χ1v) is 29.2. The normalized spacial score (nSPS) is 9.52. The van der Waals surface area contributed by atoms with Crippen LogP contribution in [0.15, 0.2) is 74.4 Å². The van der Waals surface area contributed by atoms with E-state index in [9.17, 15) is 24.0 Å². The van der Waals surface area contributed by atoms with E-state index in [0.29, 0.717) is 6.42 Å². The average molecular weight is 1150 g/mol. The van der Waals surface area contributed by atoms with Crippen LogP contribution in [0.3, 0.4) is 0 Å². The topological polar surface area (TPSA) is 331 Å². The summed E-state index contributed by atoms with van der Waals surface area (Å²) in [7, 11) is 10.4. The maximum Gasteiger partial charge on any atom is 1.00 e. The number of methoxy groups -OCH3 is 3. The molecule has 1 unspecified atom stereocenters. The monoisotopic (exact) mass is 1150 g/mol. The van der Waals surface area contributed by atoms with Crippen LogP contribution in [0.4, 0.5) is 0 Å². The molecule has 0 aromatic carbocycles. The maximum absolute atomic E-state index is 11.5. The third-order valence-electron chi connectivity index (χ3n) is 5.79. The zero-order chi connectivity index (χ0) is 50.9. The van der Waals surface area contributed by atoms with Gasteiger partial charge in [-0.2, -0.15) is 8.42 Å². The van der Waals surface area contributed by atoms with E-state index in [1.165, 1.54) is 99.9 Å². The number of ether oxygens (including phenoxy) is 3. The van der Waals surface area contributed by atoms with Gasteiger partial charge in [-0.3, -0.25) is 48.4 Å². The maximum atomic E-state index is 11.5. The van der Waals surface area contributed by atoms with Crippen molar-refractivity contribution in [1.29, 1.82) is 0 Å². The molecule has 22 nitrogen and oxygen atoms in total. The van der Waals surface area contributed by atoms with Crippen molar-refractivity contribution in [2.75, 3.05) is 28.4 Å². The minimum absolute atomic E-state index is 0. The minimum Gasteiger partial charge on any atom is -1.00 e. The molecule has 5 aromatic heterocycles. The minimum atomic E-state index is -4.67. The number of Topliss-reactive ketones (excluding diaryl/α,β-unsaturated/α-hetero) is 1. The number of rotatable bonds is 8. The quantitative estimate of drug-likeness (QED) is 0.0200. The van der Waals surface area contributed by atoms with Gasteiger partial charge >= 0.3 is 63.8 Å². The Morgan fingerprint density at radius 1 is 0.791 bits per heavy atom. The van der Waals surface area contributed by atoms with Crippen LogP contribution in [0.25, 0.3) is 10.6 Å². The fraction of sp³-hybridized carbons (Fsp3) is 0.273. The number of nitrogens with zero attached hydrogens (tertiary/aromatic N) is 8. The average Bonchev–Trinajstić information content (AvgIpc) is 3.69. The van der Waals surface area contributed by atoms with Gasteiger partial charge in [0, 0.05) is 77.2 Å². The number of aromatic carboxylic acids is 1. The Morgan fingerprint density at radius 3 is 1.55 bits per heavy atom. The summed E-state index contributed by atoms with van der Waals surface area (Å²) in [6, 6.07) is 0. The Balaban J connectivity index is -0.000000230. The third-order valence-corrected chi connectivity index (χ3v) is 19.1. The van der Waals surface area contributed by atoms with Crippen molar-refractivity contribution < 1.29 is 96.9 Å². The molecular formula is C33H41N8NaO14P2S9. The summed E-state index contributed by atoms with van der Waals surface area (Å²) in [6.45, 7) is 5.26. The van der Waals surface area contributed by atoms with Gasteiger partial charge < -0.3 is 25.9 Å². The predicted octanol–water partition coefficient (Wildman–Crippen LogP) is 2.56. The van der Waals surface area contributed by atoms with Crippen LogP contribution in [-0.2, 0) is 84.5 Å². The summed E-state index contributed by atoms with van der Waals surface area (Å²) in [5.41, 5.74) is 2.43. The van der Waals surface area contributed by atoms with Gasteiger partial charge in [0.1, 0.15) is 15.4 Å². The van der Waals surface area contributed by atoms with Crippen LogP contribution in [0.1, 0.15) is 58.7 Å². The molecule has 0 saturated heterocycles. The summed E-state index contributed by atoms with van der Waals surface area (Å²) >= 11 is 14.4. The number of hydrogen-bond acceptors (Lipinski definition) is 24. The second kappa shape index (κ2) is 45.1. The first kappa shape index (κ1) is 70.2. The largest absolute Gasteiger partial charge is 1.00 e. The number of aromatic nitrogens is 8. The molecule has 5 rings (SSSR count). The molecule has 5 aromatic rings. The molecule has 0 aliphatic heterocycles. The van der Waals surface area contributed by atoms with Crippen LogP contribution < -0.4 is 29.6 Å². The summed E-state index contributed by atoms with van der Waals surface area (Å²) in [6.07, 6.45) is 18.0.